The van der Waals surface area contributed by atoms with Crippen LogP contribution in [0.2, 0.25) is 0 Å². The Labute approximate surface area is 110 Å². The molecule has 0 aliphatic carbocycles. The summed E-state index contributed by atoms with van der Waals surface area (Å²) >= 11 is 0. The van der Waals surface area contributed by atoms with Crippen molar-refractivity contribution in [2.24, 2.45) is 5.73 Å². The van der Waals surface area contributed by atoms with Gasteiger partial charge in [-0.1, -0.05) is 0 Å². The SMILES string of the molecule is COc1ccc(C[N+](C)(C)CCN)cc1N.[Cl-]. The Kier molecular flexibility index (Phi) is 6.31. The van der Waals surface area contributed by atoms with Gasteiger partial charge < -0.3 is 33.1 Å². The summed E-state index contributed by atoms with van der Waals surface area (Å²) in [5.74, 6) is 0.730. The lowest BCUT2D eigenvalue weighted by Gasteiger charge is -2.29. The minimum absolute atomic E-state index is 0. The van der Waals surface area contributed by atoms with Crippen molar-refractivity contribution in [3.63, 3.8) is 0 Å². The molecule has 17 heavy (non-hydrogen) atoms. The molecule has 1 aromatic rings. The van der Waals surface area contributed by atoms with E-state index in [0.717, 1.165) is 23.3 Å². The maximum Gasteiger partial charge on any atom is 0.141 e. The molecule has 0 aliphatic heterocycles. The van der Waals surface area contributed by atoms with Gasteiger partial charge in [0, 0.05) is 12.1 Å². The number of rotatable bonds is 5. The Bertz CT molecular complexity index is 356. The Hall–Kier alpha value is -0.970. The van der Waals surface area contributed by atoms with E-state index in [1.807, 2.05) is 18.2 Å². The van der Waals surface area contributed by atoms with Crippen LogP contribution in [0.15, 0.2) is 18.2 Å². The van der Waals surface area contributed by atoms with Crippen molar-refractivity contribution in [1.82, 2.24) is 0 Å². The van der Waals surface area contributed by atoms with Crippen LogP contribution in [-0.2, 0) is 6.54 Å². The number of benzene rings is 1. The zero-order chi connectivity index (χ0) is 12.2. The summed E-state index contributed by atoms with van der Waals surface area (Å²) in [5, 5.41) is 0. The third-order valence-corrected chi connectivity index (χ3v) is 2.64. The van der Waals surface area contributed by atoms with Gasteiger partial charge in [0.15, 0.2) is 0 Å². The standard InChI is InChI=1S/C12H22N3O.ClH/c1-15(2,7-6-13)9-10-4-5-12(16-3)11(14)8-10;/h4-5,8H,6-7,9,13-14H2,1-3H3;1H/q+1;/p-1. The Balaban J connectivity index is 0.00000256. The lowest BCUT2D eigenvalue weighted by atomic mass is 10.1. The molecule has 0 unspecified atom stereocenters. The molecule has 0 heterocycles. The predicted octanol–water partition coefficient (Wildman–Crippen LogP) is -2.18. The van der Waals surface area contributed by atoms with Crippen LogP contribution < -0.4 is 28.6 Å². The average Bonchev–Trinajstić information content (AvgIpc) is 2.17. The van der Waals surface area contributed by atoms with Gasteiger partial charge in [0.25, 0.3) is 0 Å². The second-order valence-corrected chi connectivity index (χ2v) is 4.68. The van der Waals surface area contributed by atoms with Gasteiger partial charge in [0.2, 0.25) is 0 Å². The molecule has 5 heteroatoms. The fraction of sp³-hybridized carbons (Fsp3) is 0.500. The number of nitrogens with two attached hydrogens (primary N) is 2. The molecule has 0 radical (unpaired) electrons. The van der Waals surface area contributed by atoms with Crippen molar-refractivity contribution < 1.29 is 21.6 Å². The van der Waals surface area contributed by atoms with E-state index in [4.69, 9.17) is 16.2 Å². The van der Waals surface area contributed by atoms with Gasteiger partial charge in [-0.2, -0.15) is 0 Å². The number of nitrogen functional groups attached to an aromatic ring is 1. The summed E-state index contributed by atoms with van der Waals surface area (Å²) in [4.78, 5) is 0. The number of ether oxygens (including phenoxy) is 1. The Morgan fingerprint density at radius 2 is 1.94 bits per heavy atom. The van der Waals surface area contributed by atoms with E-state index in [-0.39, 0.29) is 12.4 Å². The largest absolute Gasteiger partial charge is 1.00 e. The molecule has 0 spiro atoms. The maximum atomic E-state index is 5.87. The van der Waals surface area contributed by atoms with Crippen LogP contribution >= 0.6 is 0 Å². The molecular weight excluding hydrogens is 238 g/mol. The highest BCUT2D eigenvalue weighted by atomic mass is 35.5. The summed E-state index contributed by atoms with van der Waals surface area (Å²) in [6, 6.07) is 5.92. The monoisotopic (exact) mass is 259 g/mol. The highest BCUT2D eigenvalue weighted by Gasteiger charge is 2.15. The summed E-state index contributed by atoms with van der Waals surface area (Å²) in [6.45, 7) is 2.57. The Morgan fingerprint density at radius 1 is 1.29 bits per heavy atom. The molecule has 4 N–H and O–H groups in total. The molecule has 0 saturated heterocycles. The summed E-state index contributed by atoms with van der Waals surface area (Å²) in [5.41, 5.74) is 13.3. The Morgan fingerprint density at radius 3 is 2.41 bits per heavy atom. The lowest BCUT2D eigenvalue weighted by Crippen LogP contribution is -3.00. The predicted molar refractivity (Wildman–Crippen MR) is 67.1 cm³/mol. The topological polar surface area (TPSA) is 61.3 Å². The number of quaternary nitrogens is 1. The first-order valence-electron chi connectivity index (χ1n) is 5.43. The normalized spacial score (nSPS) is 10.8. The van der Waals surface area contributed by atoms with Crippen molar-refractivity contribution in [2.75, 3.05) is 40.0 Å². The number of nitrogens with zero attached hydrogens (tertiary/aromatic N) is 1. The van der Waals surface area contributed by atoms with Gasteiger partial charge in [-0.05, 0) is 18.2 Å². The van der Waals surface area contributed by atoms with Crippen molar-refractivity contribution in [1.29, 1.82) is 0 Å². The third-order valence-electron chi connectivity index (χ3n) is 2.64. The van der Waals surface area contributed by atoms with E-state index < -0.39 is 0 Å². The minimum atomic E-state index is 0. The van der Waals surface area contributed by atoms with Crippen molar-refractivity contribution in [3.05, 3.63) is 23.8 Å². The van der Waals surface area contributed by atoms with Crippen molar-refractivity contribution in [2.45, 2.75) is 6.54 Å². The van der Waals surface area contributed by atoms with Crippen LogP contribution in [0.25, 0.3) is 0 Å². The number of methoxy groups -OCH3 is 1. The number of hydrogen-bond donors (Lipinski definition) is 2. The number of halogens is 1. The zero-order valence-corrected chi connectivity index (χ0v) is 11.5. The van der Waals surface area contributed by atoms with E-state index in [1.54, 1.807) is 7.11 Å². The smallest absolute Gasteiger partial charge is 0.141 e. The molecular formula is C12H22ClN3O. The fourth-order valence-corrected chi connectivity index (χ4v) is 1.80. The van der Waals surface area contributed by atoms with Gasteiger partial charge in [0.05, 0.1) is 33.4 Å². The molecule has 98 valence electrons. The van der Waals surface area contributed by atoms with Crippen LogP contribution in [0, 0.1) is 0 Å². The molecule has 4 nitrogen and oxygen atoms in total. The molecule has 0 aromatic heterocycles. The van der Waals surface area contributed by atoms with Crippen molar-refractivity contribution in [3.8, 4) is 5.75 Å². The van der Waals surface area contributed by atoms with Crippen molar-refractivity contribution >= 4 is 5.69 Å². The van der Waals surface area contributed by atoms with E-state index in [2.05, 4.69) is 14.1 Å². The van der Waals surface area contributed by atoms with Gasteiger partial charge in [-0.25, -0.2) is 0 Å². The summed E-state index contributed by atoms with van der Waals surface area (Å²) < 4.78 is 5.99. The first-order valence-corrected chi connectivity index (χ1v) is 5.43. The zero-order valence-electron chi connectivity index (χ0n) is 10.7. The number of hydrogen-bond acceptors (Lipinski definition) is 3. The second-order valence-electron chi connectivity index (χ2n) is 4.68. The van der Waals surface area contributed by atoms with Crippen LogP contribution in [0.4, 0.5) is 5.69 Å². The number of likely N-dealkylation sites (N-methyl/N-ethyl adjacent to an activating group) is 1. The quantitative estimate of drug-likeness (QED) is 0.467. The van der Waals surface area contributed by atoms with E-state index >= 15 is 0 Å². The van der Waals surface area contributed by atoms with Gasteiger partial charge in [0.1, 0.15) is 12.3 Å². The summed E-state index contributed by atoms with van der Waals surface area (Å²) in [6.07, 6.45) is 0. The van der Waals surface area contributed by atoms with Crippen LogP contribution in [0.3, 0.4) is 0 Å². The number of anilines is 1. The van der Waals surface area contributed by atoms with Crippen LogP contribution in [0.1, 0.15) is 5.56 Å². The van der Waals surface area contributed by atoms with E-state index in [1.165, 1.54) is 5.56 Å². The highest BCUT2D eigenvalue weighted by molar-refractivity contribution is 5.54. The average molecular weight is 260 g/mol. The van der Waals surface area contributed by atoms with E-state index in [9.17, 15) is 0 Å². The molecule has 0 amide bonds. The molecule has 0 bridgehead atoms. The molecule has 1 rings (SSSR count). The minimum Gasteiger partial charge on any atom is -1.00 e. The fourth-order valence-electron chi connectivity index (χ4n) is 1.80. The second kappa shape index (κ2) is 6.69. The van der Waals surface area contributed by atoms with Gasteiger partial charge >= 0.3 is 0 Å². The molecule has 0 saturated carbocycles. The molecule has 0 aliphatic rings. The lowest BCUT2D eigenvalue weighted by molar-refractivity contribution is -0.902. The summed E-state index contributed by atoms with van der Waals surface area (Å²) in [7, 11) is 5.94. The van der Waals surface area contributed by atoms with Gasteiger partial charge in [-0.15, -0.1) is 0 Å². The van der Waals surface area contributed by atoms with Crippen LogP contribution in [-0.4, -0.2) is 38.8 Å². The first-order chi connectivity index (χ1) is 7.48. The molecule has 0 atom stereocenters. The highest BCUT2D eigenvalue weighted by Crippen LogP contribution is 2.23. The first kappa shape index (κ1) is 16.0. The van der Waals surface area contributed by atoms with Gasteiger partial charge in [-0.3, -0.25) is 0 Å². The molecule has 0 fully saturated rings. The van der Waals surface area contributed by atoms with Crippen LogP contribution in [0.5, 0.6) is 5.75 Å². The van der Waals surface area contributed by atoms with E-state index in [0.29, 0.717) is 12.2 Å². The maximum absolute atomic E-state index is 5.87. The molecule has 1 aromatic carbocycles. The third kappa shape index (κ3) is 4.81.